The van der Waals surface area contributed by atoms with Crippen LogP contribution in [0.2, 0.25) is 0 Å². The van der Waals surface area contributed by atoms with Crippen molar-refractivity contribution >= 4 is 10.0 Å². The Balaban J connectivity index is 2.30. The molecular weight excluding hydrogens is 288 g/mol. The molecule has 1 fully saturated rings. The highest BCUT2D eigenvalue weighted by Gasteiger charge is 2.27. The van der Waals surface area contributed by atoms with E-state index in [4.69, 9.17) is 4.74 Å². The van der Waals surface area contributed by atoms with Crippen molar-refractivity contribution < 1.29 is 13.2 Å². The van der Waals surface area contributed by atoms with Gasteiger partial charge in [0.2, 0.25) is 10.0 Å². The van der Waals surface area contributed by atoms with Crippen molar-refractivity contribution in [3.63, 3.8) is 0 Å². The van der Waals surface area contributed by atoms with E-state index in [0.717, 1.165) is 18.4 Å². The Kier molecular flexibility index (Phi) is 5.24. The van der Waals surface area contributed by atoms with Crippen molar-refractivity contribution in [3.05, 3.63) is 23.8 Å². The SMILES string of the molecule is COc1ccc(S(=O)(=O)N2CCCC2)cc1CNC(C)C. The third-order valence-corrected chi connectivity index (χ3v) is 5.55. The van der Waals surface area contributed by atoms with E-state index in [1.807, 2.05) is 0 Å². The molecule has 118 valence electrons. The molecule has 1 heterocycles. The third kappa shape index (κ3) is 3.75. The van der Waals surface area contributed by atoms with E-state index in [9.17, 15) is 8.42 Å². The van der Waals surface area contributed by atoms with Crippen LogP contribution in [-0.4, -0.2) is 39.0 Å². The predicted molar refractivity (Wildman–Crippen MR) is 83.0 cm³/mol. The van der Waals surface area contributed by atoms with Crippen LogP contribution in [-0.2, 0) is 16.6 Å². The first-order valence-corrected chi connectivity index (χ1v) is 8.79. The average molecular weight is 312 g/mol. The Morgan fingerprint density at radius 2 is 1.95 bits per heavy atom. The Bertz CT molecular complexity index is 579. The fourth-order valence-electron chi connectivity index (χ4n) is 2.45. The van der Waals surface area contributed by atoms with Gasteiger partial charge in [-0.05, 0) is 31.0 Å². The summed E-state index contributed by atoms with van der Waals surface area (Å²) < 4.78 is 32.1. The van der Waals surface area contributed by atoms with E-state index in [2.05, 4.69) is 19.2 Å². The van der Waals surface area contributed by atoms with Gasteiger partial charge in [0.05, 0.1) is 12.0 Å². The van der Waals surface area contributed by atoms with Crippen molar-refractivity contribution in [3.8, 4) is 5.75 Å². The summed E-state index contributed by atoms with van der Waals surface area (Å²) >= 11 is 0. The highest BCUT2D eigenvalue weighted by atomic mass is 32.2. The molecule has 0 aromatic heterocycles. The molecule has 5 nitrogen and oxygen atoms in total. The molecule has 0 bridgehead atoms. The molecule has 1 aliphatic rings. The summed E-state index contributed by atoms with van der Waals surface area (Å²) in [5, 5.41) is 3.30. The summed E-state index contributed by atoms with van der Waals surface area (Å²) in [6.07, 6.45) is 1.88. The summed E-state index contributed by atoms with van der Waals surface area (Å²) in [6.45, 7) is 5.93. The molecule has 0 saturated carbocycles. The first-order valence-electron chi connectivity index (χ1n) is 7.35. The molecule has 0 atom stereocenters. The molecule has 0 unspecified atom stereocenters. The van der Waals surface area contributed by atoms with Crippen LogP contribution >= 0.6 is 0 Å². The molecule has 2 rings (SSSR count). The van der Waals surface area contributed by atoms with Gasteiger partial charge in [-0.3, -0.25) is 0 Å². The lowest BCUT2D eigenvalue weighted by Crippen LogP contribution is -2.28. The highest BCUT2D eigenvalue weighted by Crippen LogP contribution is 2.26. The summed E-state index contributed by atoms with van der Waals surface area (Å²) in [5.74, 6) is 0.712. The molecule has 1 N–H and O–H groups in total. The molecule has 21 heavy (non-hydrogen) atoms. The quantitative estimate of drug-likeness (QED) is 0.872. The fraction of sp³-hybridized carbons (Fsp3) is 0.600. The van der Waals surface area contributed by atoms with E-state index in [0.29, 0.717) is 36.3 Å². The zero-order valence-corrected chi connectivity index (χ0v) is 13.7. The van der Waals surface area contributed by atoms with Gasteiger partial charge < -0.3 is 10.1 Å². The second kappa shape index (κ2) is 6.77. The van der Waals surface area contributed by atoms with E-state index >= 15 is 0 Å². The smallest absolute Gasteiger partial charge is 0.243 e. The van der Waals surface area contributed by atoms with Crippen LogP contribution in [0.3, 0.4) is 0 Å². The summed E-state index contributed by atoms with van der Waals surface area (Å²) in [7, 11) is -1.77. The molecule has 1 aromatic carbocycles. The van der Waals surface area contributed by atoms with Gasteiger partial charge in [0.15, 0.2) is 0 Å². The zero-order valence-electron chi connectivity index (χ0n) is 12.9. The number of nitrogens with zero attached hydrogens (tertiary/aromatic N) is 1. The van der Waals surface area contributed by atoms with E-state index in [-0.39, 0.29) is 0 Å². The zero-order chi connectivity index (χ0) is 15.5. The van der Waals surface area contributed by atoms with Gasteiger partial charge >= 0.3 is 0 Å². The van der Waals surface area contributed by atoms with Crippen molar-refractivity contribution in [1.82, 2.24) is 9.62 Å². The number of nitrogens with one attached hydrogen (secondary N) is 1. The Morgan fingerprint density at radius 3 is 2.52 bits per heavy atom. The van der Waals surface area contributed by atoms with Crippen LogP contribution in [0.5, 0.6) is 5.75 Å². The summed E-state index contributed by atoms with van der Waals surface area (Å²) in [5.41, 5.74) is 0.867. The first kappa shape index (κ1) is 16.3. The van der Waals surface area contributed by atoms with Gasteiger partial charge in [-0.25, -0.2) is 8.42 Å². The molecule has 6 heteroatoms. The van der Waals surface area contributed by atoms with Crippen LogP contribution in [0.1, 0.15) is 32.3 Å². The fourth-order valence-corrected chi connectivity index (χ4v) is 4.01. The second-order valence-electron chi connectivity index (χ2n) is 5.62. The Hall–Kier alpha value is -1.11. The largest absolute Gasteiger partial charge is 0.496 e. The Morgan fingerprint density at radius 1 is 1.29 bits per heavy atom. The Labute approximate surface area is 127 Å². The molecule has 1 aliphatic heterocycles. The van der Waals surface area contributed by atoms with Crippen molar-refractivity contribution in [2.75, 3.05) is 20.2 Å². The standard InChI is InChI=1S/C15H24N2O3S/c1-12(2)16-11-13-10-14(6-7-15(13)20-3)21(18,19)17-8-4-5-9-17/h6-7,10,12,16H,4-5,8-9,11H2,1-3H3. The van der Waals surface area contributed by atoms with E-state index in [1.165, 1.54) is 0 Å². The lowest BCUT2D eigenvalue weighted by molar-refractivity contribution is 0.405. The van der Waals surface area contributed by atoms with Crippen molar-refractivity contribution in [1.29, 1.82) is 0 Å². The summed E-state index contributed by atoms with van der Waals surface area (Å²) in [6, 6.07) is 5.42. The van der Waals surface area contributed by atoms with Crippen LogP contribution in [0.15, 0.2) is 23.1 Å². The maximum Gasteiger partial charge on any atom is 0.243 e. The van der Waals surface area contributed by atoms with Gasteiger partial charge in [0, 0.05) is 31.2 Å². The minimum absolute atomic E-state index is 0.327. The van der Waals surface area contributed by atoms with Gasteiger partial charge in [-0.2, -0.15) is 4.31 Å². The predicted octanol–water partition coefficient (Wildman–Crippen LogP) is 1.98. The number of hydrogen-bond donors (Lipinski definition) is 1. The summed E-state index contributed by atoms with van der Waals surface area (Å²) in [4.78, 5) is 0.353. The number of benzene rings is 1. The van der Waals surface area contributed by atoms with Crippen LogP contribution in [0, 0.1) is 0 Å². The molecule has 0 amide bonds. The number of sulfonamides is 1. The third-order valence-electron chi connectivity index (χ3n) is 3.66. The van der Waals surface area contributed by atoms with Crippen LogP contribution in [0.25, 0.3) is 0 Å². The van der Waals surface area contributed by atoms with Crippen LogP contribution < -0.4 is 10.1 Å². The monoisotopic (exact) mass is 312 g/mol. The molecule has 1 aromatic rings. The molecule has 0 radical (unpaired) electrons. The van der Waals surface area contributed by atoms with Gasteiger partial charge in [0.1, 0.15) is 5.75 Å². The maximum absolute atomic E-state index is 12.6. The number of methoxy groups -OCH3 is 1. The molecule has 0 spiro atoms. The van der Waals surface area contributed by atoms with E-state index in [1.54, 1.807) is 29.6 Å². The van der Waals surface area contributed by atoms with Gasteiger partial charge in [0.25, 0.3) is 0 Å². The number of rotatable bonds is 6. The number of ether oxygens (including phenoxy) is 1. The molecular formula is C15H24N2O3S. The topological polar surface area (TPSA) is 58.6 Å². The average Bonchev–Trinajstić information content (AvgIpc) is 2.99. The lowest BCUT2D eigenvalue weighted by atomic mass is 10.2. The van der Waals surface area contributed by atoms with Crippen molar-refractivity contribution in [2.24, 2.45) is 0 Å². The minimum atomic E-state index is -3.37. The lowest BCUT2D eigenvalue weighted by Gasteiger charge is -2.18. The van der Waals surface area contributed by atoms with Crippen molar-refractivity contribution in [2.45, 2.75) is 44.2 Å². The second-order valence-corrected chi connectivity index (χ2v) is 7.56. The maximum atomic E-state index is 12.6. The van der Waals surface area contributed by atoms with Gasteiger partial charge in [-0.1, -0.05) is 13.8 Å². The first-order chi connectivity index (χ1) is 9.95. The van der Waals surface area contributed by atoms with Crippen LogP contribution in [0.4, 0.5) is 0 Å². The number of hydrogen-bond acceptors (Lipinski definition) is 4. The van der Waals surface area contributed by atoms with E-state index < -0.39 is 10.0 Å². The highest BCUT2D eigenvalue weighted by molar-refractivity contribution is 7.89. The minimum Gasteiger partial charge on any atom is -0.496 e. The molecule has 0 aliphatic carbocycles. The normalized spacial score (nSPS) is 16.6. The van der Waals surface area contributed by atoms with Gasteiger partial charge in [-0.15, -0.1) is 0 Å². The molecule has 1 saturated heterocycles.